The van der Waals surface area contributed by atoms with E-state index in [2.05, 4.69) is 14.7 Å². The van der Waals surface area contributed by atoms with Gasteiger partial charge in [0.25, 0.3) is 0 Å². The molecule has 0 atom stereocenters. The van der Waals surface area contributed by atoms with E-state index in [1.54, 1.807) is 6.20 Å². The number of rotatable bonds is 2. The monoisotopic (exact) mass is 180 g/mol. The van der Waals surface area contributed by atoms with E-state index in [1.165, 1.54) is 26.4 Å². The van der Waals surface area contributed by atoms with Gasteiger partial charge < -0.3 is 9.72 Å². The minimum Gasteiger partial charge on any atom is -0.464 e. The molecule has 2 rings (SSSR count). The lowest BCUT2D eigenvalue weighted by molar-refractivity contribution is 0.0594. The van der Waals surface area contributed by atoms with Crippen molar-refractivity contribution in [1.82, 2.24) is 9.97 Å². The second-order valence-corrected chi connectivity index (χ2v) is 3.30. The van der Waals surface area contributed by atoms with Crippen molar-refractivity contribution >= 4 is 5.97 Å². The van der Waals surface area contributed by atoms with Crippen LogP contribution in [0.5, 0.6) is 0 Å². The molecule has 0 aliphatic heterocycles. The van der Waals surface area contributed by atoms with E-state index in [1.807, 2.05) is 0 Å². The van der Waals surface area contributed by atoms with Crippen molar-refractivity contribution in [3.63, 3.8) is 0 Å². The van der Waals surface area contributed by atoms with Crippen LogP contribution in [-0.4, -0.2) is 23.0 Å². The van der Waals surface area contributed by atoms with Crippen LogP contribution in [0.4, 0.5) is 0 Å². The van der Waals surface area contributed by atoms with Crippen LogP contribution in [0.2, 0.25) is 0 Å². The van der Waals surface area contributed by atoms with Gasteiger partial charge in [-0.25, -0.2) is 9.78 Å². The number of H-pyrrole nitrogens is 1. The van der Waals surface area contributed by atoms with Gasteiger partial charge in [0.2, 0.25) is 0 Å². The first kappa shape index (κ1) is 8.29. The summed E-state index contributed by atoms with van der Waals surface area (Å²) < 4.78 is 4.57. The van der Waals surface area contributed by atoms with Gasteiger partial charge >= 0.3 is 5.97 Å². The lowest BCUT2D eigenvalue weighted by Crippen LogP contribution is -2.11. The van der Waals surface area contributed by atoms with Crippen molar-refractivity contribution in [3.05, 3.63) is 17.7 Å². The van der Waals surface area contributed by atoms with Gasteiger partial charge in [0.15, 0.2) is 0 Å². The van der Waals surface area contributed by atoms with Crippen LogP contribution in [0.15, 0.2) is 6.20 Å². The molecule has 0 amide bonds. The molecule has 0 aromatic carbocycles. The number of aromatic nitrogens is 2. The molecule has 1 heterocycles. The molecule has 13 heavy (non-hydrogen) atoms. The van der Waals surface area contributed by atoms with Gasteiger partial charge in [-0.2, -0.15) is 0 Å². The van der Waals surface area contributed by atoms with Gasteiger partial charge in [0.1, 0.15) is 11.5 Å². The maximum atomic E-state index is 11.1. The molecular formula is C9H12N2O2. The number of carbonyl (C=O) groups is 1. The predicted molar refractivity (Wildman–Crippen MR) is 46.5 cm³/mol. The Hall–Kier alpha value is -1.32. The Morgan fingerprint density at radius 3 is 3.00 bits per heavy atom. The summed E-state index contributed by atoms with van der Waals surface area (Å²) in [7, 11) is 1.37. The Kier molecular flexibility index (Phi) is 2.04. The highest BCUT2D eigenvalue weighted by molar-refractivity contribution is 5.86. The van der Waals surface area contributed by atoms with E-state index in [9.17, 15) is 4.79 Å². The zero-order valence-electron chi connectivity index (χ0n) is 7.54. The third kappa shape index (κ3) is 1.43. The van der Waals surface area contributed by atoms with Crippen molar-refractivity contribution in [2.45, 2.75) is 25.2 Å². The van der Waals surface area contributed by atoms with Crippen LogP contribution in [0, 0.1) is 0 Å². The van der Waals surface area contributed by atoms with Gasteiger partial charge in [0, 0.05) is 5.92 Å². The molecule has 0 bridgehead atoms. The largest absolute Gasteiger partial charge is 0.464 e. The maximum absolute atomic E-state index is 11.1. The standard InChI is InChI=1S/C9H12N2O2/c1-13-9(12)7-5-10-8(11-7)6-3-2-4-6/h5-6H,2-4H2,1H3,(H,10,11). The van der Waals surface area contributed by atoms with Gasteiger partial charge in [-0.05, 0) is 12.8 Å². The number of nitrogens with one attached hydrogen (secondary N) is 1. The van der Waals surface area contributed by atoms with Crippen LogP contribution in [0.25, 0.3) is 0 Å². The fourth-order valence-electron chi connectivity index (χ4n) is 1.44. The van der Waals surface area contributed by atoms with Crippen molar-refractivity contribution in [2.24, 2.45) is 0 Å². The van der Waals surface area contributed by atoms with Crippen molar-refractivity contribution in [3.8, 4) is 0 Å². The first-order valence-corrected chi connectivity index (χ1v) is 4.44. The Bertz CT molecular complexity index is 315. The SMILES string of the molecule is COC(=O)c1cnc(C2CCC2)[nH]1. The fourth-order valence-corrected chi connectivity index (χ4v) is 1.44. The van der Waals surface area contributed by atoms with Crippen molar-refractivity contribution < 1.29 is 9.53 Å². The fraction of sp³-hybridized carbons (Fsp3) is 0.556. The van der Waals surface area contributed by atoms with Crippen LogP contribution in [0.1, 0.15) is 41.5 Å². The minimum absolute atomic E-state index is 0.349. The van der Waals surface area contributed by atoms with E-state index >= 15 is 0 Å². The Balaban J connectivity index is 2.12. The van der Waals surface area contributed by atoms with Crippen molar-refractivity contribution in [2.75, 3.05) is 7.11 Å². The molecule has 0 saturated heterocycles. The highest BCUT2D eigenvalue weighted by Gasteiger charge is 2.23. The molecule has 4 heteroatoms. The summed E-state index contributed by atoms with van der Waals surface area (Å²) in [5.41, 5.74) is 0.449. The Morgan fingerprint density at radius 1 is 1.69 bits per heavy atom. The molecule has 1 aromatic rings. The number of nitrogens with zero attached hydrogens (tertiary/aromatic N) is 1. The quantitative estimate of drug-likeness (QED) is 0.701. The number of hydrogen-bond acceptors (Lipinski definition) is 3. The highest BCUT2D eigenvalue weighted by atomic mass is 16.5. The number of ether oxygens (including phenoxy) is 1. The molecule has 1 fully saturated rings. The lowest BCUT2D eigenvalue weighted by Gasteiger charge is -2.22. The van der Waals surface area contributed by atoms with E-state index in [-0.39, 0.29) is 5.97 Å². The Labute approximate surface area is 76.3 Å². The zero-order chi connectivity index (χ0) is 9.26. The van der Waals surface area contributed by atoms with Crippen LogP contribution in [-0.2, 0) is 4.74 Å². The number of methoxy groups -OCH3 is 1. The van der Waals surface area contributed by atoms with Crippen LogP contribution < -0.4 is 0 Å². The third-order valence-electron chi connectivity index (χ3n) is 2.49. The third-order valence-corrected chi connectivity index (χ3v) is 2.49. The Morgan fingerprint density at radius 2 is 2.46 bits per heavy atom. The average Bonchev–Trinajstić information content (AvgIpc) is 2.49. The molecule has 0 spiro atoms. The summed E-state index contributed by atoms with van der Waals surface area (Å²) in [6, 6.07) is 0. The first-order chi connectivity index (χ1) is 6.31. The number of hydrogen-bond donors (Lipinski definition) is 1. The summed E-state index contributed by atoms with van der Waals surface area (Å²) in [5, 5.41) is 0. The number of aromatic amines is 1. The van der Waals surface area contributed by atoms with Gasteiger partial charge in [0.05, 0.1) is 13.3 Å². The molecular weight excluding hydrogens is 168 g/mol. The van der Waals surface area contributed by atoms with Crippen LogP contribution in [0.3, 0.4) is 0 Å². The maximum Gasteiger partial charge on any atom is 0.356 e. The molecule has 1 aromatic heterocycles. The second-order valence-electron chi connectivity index (χ2n) is 3.30. The topological polar surface area (TPSA) is 55.0 Å². The molecule has 1 saturated carbocycles. The molecule has 0 radical (unpaired) electrons. The molecule has 70 valence electrons. The number of imidazole rings is 1. The van der Waals surface area contributed by atoms with Crippen molar-refractivity contribution in [1.29, 1.82) is 0 Å². The lowest BCUT2D eigenvalue weighted by atomic mass is 9.85. The molecule has 0 unspecified atom stereocenters. The molecule has 4 nitrogen and oxygen atoms in total. The summed E-state index contributed by atoms with van der Waals surface area (Å²) >= 11 is 0. The van der Waals surface area contributed by atoms with E-state index in [0.29, 0.717) is 11.6 Å². The highest BCUT2D eigenvalue weighted by Crippen LogP contribution is 2.34. The normalized spacial score (nSPS) is 16.7. The van der Waals surface area contributed by atoms with E-state index < -0.39 is 0 Å². The number of esters is 1. The van der Waals surface area contributed by atoms with Gasteiger partial charge in [-0.3, -0.25) is 0 Å². The summed E-state index contributed by atoms with van der Waals surface area (Å²) in [6.07, 6.45) is 5.15. The zero-order valence-corrected chi connectivity index (χ0v) is 7.54. The summed E-state index contributed by atoms with van der Waals surface area (Å²) in [5.74, 6) is 1.10. The van der Waals surface area contributed by atoms with E-state index in [4.69, 9.17) is 0 Å². The predicted octanol–water partition coefficient (Wildman–Crippen LogP) is 1.46. The van der Waals surface area contributed by atoms with E-state index in [0.717, 1.165) is 5.82 Å². The average molecular weight is 180 g/mol. The molecule has 1 aliphatic carbocycles. The summed E-state index contributed by atoms with van der Waals surface area (Å²) in [6.45, 7) is 0. The minimum atomic E-state index is -0.349. The van der Waals surface area contributed by atoms with Crippen LogP contribution >= 0.6 is 0 Å². The van der Waals surface area contributed by atoms with Gasteiger partial charge in [-0.1, -0.05) is 6.42 Å². The second kappa shape index (κ2) is 3.20. The van der Waals surface area contributed by atoms with Gasteiger partial charge in [-0.15, -0.1) is 0 Å². The smallest absolute Gasteiger partial charge is 0.356 e. The number of carbonyl (C=O) groups excluding carboxylic acids is 1. The first-order valence-electron chi connectivity index (χ1n) is 4.44. The molecule has 1 N–H and O–H groups in total. The summed E-state index contributed by atoms with van der Waals surface area (Å²) in [4.78, 5) is 18.2. The molecule has 1 aliphatic rings.